The maximum Gasteiger partial charge on any atom is 0.242 e. The smallest absolute Gasteiger partial charge is 0.242 e. The van der Waals surface area contributed by atoms with Gasteiger partial charge in [0, 0.05) is 19.8 Å². The predicted molar refractivity (Wildman–Crippen MR) is 110 cm³/mol. The summed E-state index contributed by atoms with van der Waals surface area (Å²) in [6, 6.07) is 9.95. The molecule has 1 N–H and O–H groups in total. The molecule has 162 valence electrons. The van der Waals surface area contributed by atoms with Gasteiger partial charge in [-0.25, -0.2) is 12.8 Å². The number of carbonyl (C=O) groups excluding carboxylic acids is 2. The van der Waals surface area contributed by atoms with E-state index < -0.39 is 40.2 Å². The van der Waals surface area contributed by atoms with E-state index in [1.165, 1.54) is 36.2 Å². The van der Waals surface area contributed by atoms with Crippen LogP contribution in [0.25, 0.3) is 0 Å². The first-order valence-electron chi connectivity index (χ1n) is 9.20. The van der Waals surface area contributed by atoms with E-state index in [0.717, 1.165) is 10.6 Å². The lowest BCUT2D eigenvalue weighted by atomic mass is 10.1. The van der Waals surface area contributed by atoms with Crippen LogP contribution in [0.1, 0.15) is 18.2 Å². The van der Waals surface area contributed by atoms with Crippen LogP contribution in [0.2, 0.25) is 0 Å². The fourth-order valence-corrected chi connectivity index (χ4v) is 2.94. The van der Waals surface area contributed by atoms with Gasteiger partial charge in [0.05, 0.1) is 25.0 Å². The Bertz CT molecular complexity index is 968. The Hall–Kier alpha value is -2.85. The maximum absolute atomic E-state index is 13.2. The van der Waals surface area contributed by atoms with Gasteiger partial charge in [0.25, 0.3) is 0 Å². The number of nitrogens with one attached hydrogen (secondary N) is 1. The lowest BCUT2D eigenvalue weighted by Gasteiger charge is -2.30. The second kappa shape index (κ2) is 10.3. The number of pyridine rings is 1. The average Bonchev–Trinajstić information content (AvgIpc) is 2.71. The van der Waals surface area contributed by atoms with Crippen LogP contribution in [0.4, 0.5) is 4.39 Å². The zero-order valence-corrected chi connectivity index (χ0v) is 17.9. The molecule has 10 heteroatoms. The molecule has 0 aliphatic heterocycles. The number of aromatic nitrogens is 1. The van der Waals surface area contributed by atoms with E-state index in [0.29, 0.717) is 11.3 Å². The minimum absolute atomic E-state index is 0.0227. The standard InChI is InChI=1S/C20H25FN4O4S/c1-15(20(27)23-12-18-6-4-5-11-22-18)25(13-16-7-9-17(21)10-8-16)19(26)14-24(2)30(3,28)29/h4-11,15H,12-14H2,1-3H3,(H,23,27)/t15-/m1/s1. The van der Waals surface area contributed by atoms with Crippen molar-refractivity contribution in [3.05, 3.63) is 65.7 Å². The third-order valence-electron chi connectivity index (χ3n) is 4.53. The molecule has 2 rings (SSSR count). The summed E-state index contributed by atoms with van der Waals surface area (Å²) < 4.78 is 37.5. The van der Waals surface area contributed by atoms with Crippen molar-refractivity contribution in [2.75, 3.05) is 19.8 Å². The summed E-state index contributed by atoms with van der Waals surface area (Å²) in [4.78, 5) is 30.9. The zero-order valence-electron chi connectivity index (χ0n) is 17.1. The first-order chi connectivity index (χ1) is 14.1. The molecule has 0 aliphatic rings. The molecule has 1 heterocycles. The molecular weight excluding hydrogens is 411 g/mol. The molecule has 2 aromatic rings. The van der Waals surface area contributed by atoms with E-state index in [2.05, 4.69) is 10.3 Å². The minimum atomic E-state index is -3.57. The van der Waals surface area contributed by atoms with Crippen molar-refractivity contribution in [2.45, 2.75) is 26.1 Å². The number of sulfonamides is 1. The summed E-state index contributed by atoms with van der Waals surface area (Å²) >= 11 is 0. The second-order valence-electron chi connectivity index (χ2n) is 6.88. The molecule has 2 amide bonds. The third kappa shape index (κ3) is 6.89. The van der Waals surface area contributed by atoms with Crippen LogP contribution in [0, 0.1) is 5.82 Å². The molecule has 1 aromatic carbocycles. The number of hydrogen-bond acceptors (Lipinski definition) is 5. The van der Waals surface area contributed by atoms with Gasteiger partial charge < -0.3 is 10.2 Å². The van der Waals surface area contributed by atoms with Crippen molar-refractivity contribution in [2.24, 2.45) is 0 Å². The van der Waals surface area contributed by atoms with Gasteiger partial charge in [-0.3, -0.25) is 14.6 Å². The molecule has 0 bridgehead atoms. The van der Waals surface area contributed by atoms with Crippen molar-refractivity contribution >= 4 is 21.8 Å². The van der Waals surface area contributed by atoms with E-state index in [4.69, 9.17) is 0 Å². The van der Waals surface area contributed by atoms with E-state index in [1.807, 2.05) is 0 Å². The molecule has 8 nitrogen and oxygen atoms in total. The van der Waals surface area contributed by atoms with Crippen LogP contribution in [0.5, 0.6) is 0 Å². The summed E-state index contributed by atoms with van der Waals surface area (Å²) in [5.41, 5.74) is 1.27. The Balaban J connectivity index is 2.16. The molecule has 0 fully saturated rings. The highest BCUT2D eigenvalue weighted by molar-refractivity contribution is 7.88. The summed E-state index contributed by atoms with van der Waals surface area (Å²) in [6.07, 6.45) is 2.60. The first-order valence-corrected chi connectivity index (χ1v) is 11.1. The van der Waals surface area contributed by atoms with Gasteiger partial charge in [0.15, 0.2) is 0 Å². The SMILES string of the molecule is C[C@H](C(=O)NCc1ccccn1)N(Cc1ccc(F)cc1)C(=O)CN(C)S(C)(=O)=O. The number of halogens is 1. The van der Waals surface area contributed by atoms with E-state index in [-0.39, 0.29) is 13.1 Å². The fraction of sp³-hybridized carbons (Fsp3) is 0.350. The number of nitrogens with zero attached hydrogens (tertiary/aromatic N) is 3. The highest BCUT2D eigenvalue weighted by Gasteiger charge is 2.28. The second-order valence-corrected chi connectivity index (χ2v) is 8.97. The van der Waals surface area contributed by atoms with Crippen molar-refractivity contribution in [1.29, 1.82) is 0 Å². The topological polar surface area (TPSA) is 99.7 Å². The van der Waals surface area contributed by atoms with Gasteiger partial charge in [-0.2, -0.15) is 4.31 Å². The number of amides is 2. The number of benzene rings is 1. The average molecular weight is 437 g/mol. The van der Waals surface area contributed by atoms with Crippen molar-refractivity contribution < 1.29 is 22.4 Å². The van der Waals surface area contributed by atoms with Crippen LogP contribution in [-0.2, 0) is 32.7 Å². The third-order valence-corrected chi connectivity index (χ3v) is 5.79. The Morgan fingerprint density at radius 2 is 1.83 bits per heavy atom. The van der Waals surface area contributed by atoms with Crippen LogP contribution in [0.15, 0.2) is 48.7 Å². The molecule has 0 unspecified atom stereocenters. The monoisotopic (exact) mass is 436 g/mol. The molecule has 0 spiro atoms. The molecule has 0 saturated heterocycles. The van der Waals surface area contributed by atoms with Crippen molar-refractivity contribution in [3.63, 3.8) is 0 Å². The van der Waals surface area contributed by atoms with Crippen molar-refractivity contribution in [1.82, 2.24) is 19.5 Å². The molecule has 0 aliphatic carbocycles. The quantitative estimate of drug-likeness (QED) is 0.636. The van der Waals surface area contributed by atoms with Gasteiger partial charge in [0.1, 0.15) is 11.9 Å². The number of hydrogen-bond donors (Lipinski definition) is 1. The van der Waals surface area contributed by atoms with Crippen LogP contribution in [-0.4, -0.2) is 60.3 Å². The van der Waals surface area contributed by atoms with Crippen LogP contribution in [0.3, 0.4) is 0 Å². The fourth-order valence-electron chi connectivity index (χ4n) is 2.60. The van der Waals surface area contributed by atoms with E-state index in [1.54, 1.807) is 31.3 Å². The highest BCUT2D eigenvalue weighted by atomic mass is 32.2. The normalized spacial score (nSPS) is 12.4. The van der Waals surface area contributed by atoms with Crippen LogP contribution < -0.4 is 5.32 Å². The Morgan fingerprint density at radius 3 is 2.40 bits per heavy atom. The molecule has 0 saturated carbocycles. The molecule has 0 radical (unpaired) electrons. The van der Waals surface area contributed by atoms with Gasteiger partial charge in [0.2, 0.25) is 21.8 Å². The summed E-state index contributed by atoms with van der Waals surface area (Å²) in [6.45, 7) is 1.34. The Labute approximate surface area is 175 Å². The number of rotatable bonds is 9. The highest BCUT2D eigenvalue weighted by Crippen LogP contribution is 2.12. The zero-order chi connectivity index (χ0) is 22.3. The van der Waals surface area contributed by atoms with Gasteiger partial charge in [-0.15, -0.1) is 0 Å². The number of carbonyl (C=O) groups is 2. The maximum atomic E-state index is 13.2. The molecular formula is C20H25FN4O4S. The molecule has 1 aromatic heterocycles. The largest absolute Gasteiger partial charge is 0.349 e. The summed E-state index contributed by atoms with van der Waals surface area (Å²) in [5.74, 6) is -1.39. The predicted octanol–water partition coefficient (Wildman–Crippen LogP) is 1.15. The van der Waals surface area contributed by atoms with E-state index >= 15 is 0 Å². The molecule has 1 atom stereocenters. The lowest BCUT2D eigenvalue weighted by molar-refractivity contribution is -0.140. The number of likely N-dealkylation sites (N-methyl/N-ethyl adjacent to an activating group) is 1. The Kier molecular flexibility index (Phi) is 8.01. The minimum Gasteiger partial charge on any atom is -0.349 e. The van der Waals surface area contributed by atoms with Gasteiger partial charge in [-0.05, 0) is 36.8 Å². The summed E-state index contributed by atoms with van der Waals surface area (Å²) in [7, 11) is -2.29. The molecule has 30 heavy (non-hydrogen) atoms. The van der Waals surface area contributed by atoms with Crippen molar-refractivity contribution in [3.8, 4) is 0 Å². The van der Waals surface area contributed by atoms with E-state index in [9.17, 15) is 22.4 Å². The summed E-state index contributed by atoms with van der Waals surface area (Å²) in [5, 5.41) is 2.73. The van der Waals surface area contributed by atoms with Gasteiger partial charge in [-0.1, -0.05) is 18.2 Å². The van der Waals surface area contributed by atoms with Crippen LogP contribution >= 0.6 is 0 Å². The lowest BCUT2D eigenvalue weighted by Crippen LogP contribution is -2.50. The first kappa shape index (κ1) is 23.4. The van der Waals surface area contributed by atoms with Gasteiger partial charge >= 0.3 is 0 Å². The Morgan fingerprint density at radius 1 is 1.17 bits per heavy atom.